The molecule has 2 rings (SSSR count). The molecule has 0 aromatic heterocycles. The fourth-order valence-electron chi connectivity index (χ4n) is 2.56. The molecule has 2 atom stereocenters. The Hall–Kier alpha value is -1.20. The summed E-state index contributed by atoms with van der Waals surface area (Å²) in [5.74, 6) is 0.307. The molecule has 1 unspecified atom stereocenters. The van der Waals surface area contributed by atoms with Crippen LogP contribution >= 0.6 is 0 Å². The Morgan fingerprint density at radius 1 is 1.35 bits per heavy atom. The monoisotopic (exact) mass is 337 g/mol. The van der Waals surface area contributed by atoms with E-state index < -0.39 is 11.0 Å². The summed E-state index contributed by atoms with van der Waals surface area (Å²) in [6, 6.07) is 7.79. The van der Waals surface area contributed by atoms with E-state index in [0.717, 1.165) is 18.4 Å². The predicted molar refractivity (Wildman–Crippen MR) is 93.6 cm³/mol. The number of nitrogens with one attached hydrogen (secondary N) is 1. The zero-order valence-corrected chi connectivity index (χ0v) is 15.2. The van der Waals surface area contributed by atoms with Crippen molar-refractivity contribution in [1.82, 2.24) is 4.72 Å². The Morgan fingerprint density at radius 2 is 2.00 bits per heavy atom. The SMILES string of the molecule is COC(=O)c1ccccc1CCC(N[S@](=O)C(C)(C)C)C1CC1. The molecule has 0 aliphatic heterocycles. The van der Waals surface area contributed by atoms with Gasteiger partial charge in [-0.1, -0.05) is 18.2 Å². The van der Waals surface area contributed by atoms with Gasteiger partial charge in [0.05, 0.1) is 28.4 Å². The van der Waals surface area contributed by atoms with Crippen LogP contribution in [0.2, 0.25) is 0 Å². The van der Waals surface area contributed by atoms with Crippen LogP contribution in [-0.4, -0.2) is 28.1 Å². The summed E-state index contributed by atoms with van der Waals surface area (Å²) in [5, 5.41) is 0. The third-order valence-electron chi connectivity index (χ3n) is 4.15. The third-order valence-corrected chi connectivity index (χ3v) is 5.78. The van der Waals surface area contributed by atoms with E-state index in [0.29, 0.717) is 11.5 Å². The number of hydrogen-bond acceptors (Lipinski definition) is 3. The van der Waals surface area contributed by atoms with Crippen molar-refractivity contribution in [3.8, 4) is 0 Å². The second-order valence-electron chi connectivity index (χ2n) is 7.13. The molecule has 0 saturated heterocycles. The summed E-state index contributed by atoms with van der Waals surface area (Å²) in [6.45, 7) is 5.94. The van der Waals surface area contributed by atoms with Crippen molar-refractivity contribution in [2.45, 2.75) is 57.2 Å². The second-order valence-corrected chi connectivity index (χ2v) is 9.13. The molecule has 1 saturated carbocycles. The number of hydrogen-bond donors (Lipinski definition) is 1. The first kappa shape index (κ1) is 18.1. The number of aryl methyl sites for hydroxylation is 1. The molecular formula is C18H27NO3S. The standard InChI is InChI=1S/C18H27NO3S/c1-18(2,3)23(21)19-16(14-9-10-14)12-11-13-7-5-6-8-15(13)17(20)22-4/h5-8,14,16,19H,9-12H2,1-4H3/t16?,23-/m1/s1. The van der Waals surface area contributed by atoms with Crippen molar-refractivity contribution in [2.24, 2.45) is 5.92 Å². The first-order chi connectivity index (χ1) is 10.8. The molecule has 0 spiro atoms. The molecule has 0 bridgehead atoms. The summed E-state index contributed by atoms with van der Waals surface area (Å²) in [4.78, 5) is 11.8. The van der Waals surface area contributed by atoms with Gasteiger partial charge in [-0.25, -0.2) is 13.7 Å². The Labute approximate surface area is 141 Å². The van der Waals surface area contributed by atoms with E-state index in [-0.39, 0.29) is 16.8 Å². The summed E-state index contributed by atoms with van der Waals surface area (Å²) in [7, 11) is 0.340. The van der Waals surface area contributed by atoms with Crippen LogP contribution in [0.25, 0.3) is 0 Å². The first-order valence-corrected chi connectivity index (χ1v) is 9.32. The molecule has 1 N–H and O–H groups in total. The van der Waals surface area contributed by atoms with Crippen LogP contribution in [0.3, 0.4) is 0 Å². The van der Waals surface area contributed by atoms with E-state index in [1.54, 1.807) is 6.07 Å². The van der Waals surface area contributed by atoms with Crippen LogP contribution in [0.4, 0.5) is 0 Å². The van der Waals surface area contributed by atoms with Gasteiger partial charge >= 0.3 is 5.97 Å². The van der Waals surface area contributed by atoms with Crippen LogP contribution in [-0.2, 0) is 22.1 Å². The van der Waals surface area contributed by atoms with Crippen LogP contribution < -0.4 is 4.72 Å². The van der Waals surface area contributed by atoms with Gasteiger partial charge in [0, 0.05) is 6.04 Å². The lowest BCUT2D eigenvalue weighted by atomic mass is 9.99. The van der Waals surface area contributed by atoms with Crippen molar-refractivity contribution in [3.05, 3.63) is 35.4 Å². The fraction of sp³-hybridized carbons (Fsp3) is 0.611. The summed E-state index contributed by atoms with van der Waals surface area (Å²) in [5.41, 5.74) is 1.62. The average molecular weight is 337 g/mol. The zero-order chi connectivity index (χ0) is 17.0. The lowest BCUT2D eigenvalue weighted by molar-refractivity contribution is 0.0599. The molecule has 1 aliphatic rings. The van der Waals surface area contributed by atoms with E-state index in [4.69, 9.17) is 4.74 Å². The molecule has 5 heteroatoms. The Morgan fingerprint density at radius 3 is 2.57 bits per heavy atom. The maximum atomic E-state index is 12.4. The molecule has 1 aromatic rings. The van der Waals surface area contributed by atoms with Crippen LogP contribution in [0.15, 0.2) is 24.3 Å². The Balaban J connectivity index is 2.03. The van der Waals surface area contributed by atoms with E-state index >= 15 is 0 Å². The normalized spacial score (nSPS) is 17.6. The molecule has 128 valence electrons. The van der Waals surface area contributed by atoms with Gasteiger partial charge in [-0.2, -0.15) is 0 Å². The Kier molecular flexibility index (Phi) is 5.98. The minimum atomic E-state index is -1.06. The number of carbonyl (C=O) groups excluding carboxylic acids is 1. The zero-order valence-electron chi connectivity index (χ0n) is 14.4. The van der Waals surface area contributed by atoms with Crippen molar-refractivity contribution in [2.75, 3.05) is 7.11 Å². The summed E-state index contributed by atoms with van der Waals surface area (Å²) >= 11 is 0. The van der Waals surface area contributed by atoms with Gasteiger partial charge in [-0.3, -0.25) is 0 Å². The van der Waals surface area contributed by atoms with E-state index in [1.165, 1.54) is 20.0 Å². The van der Waals surface area contributed by atoms with Gasteiger partial charge in [-0.15, -0.1) is 0 Å². The molecule has 23 heavy (non-hydrogen) atoms. The number of ether oxygens (including phenoxy) is 1. The highest BCUT2D eigenvalue weighted by atomic mass is 32.2. The number of rotatable bonds is 7. The van der Waals surface area contributed by atoms with E-state index in [9.17, 15) is 9.00 Å². The lowest BCUT2D eigenvalue weighted by Gasteiger charge is -2.24. The maximum absolute atomic E-state index is 12.4. The van der Waals surface area contributed by atoms with E-state index in [2.05, 4.69) is 4.72 Å². The number of benzene rings is 1. The van der Waals surface area contributed by atoms with Gasteiger partial charge in [0.1, 0.15) is 0 Å². The quantitative estimate of drug-likeness (QED) is 0.777. The van der Waals surface area contributed by atoms with Crippen LogP contribution in [0, 0.1) is 5.92 Å². The van der Waals surface area contributed by atoms with Gasteiger partial charge in [0.25, 0.3) is 0 Å². The lowest BCUT2D eigenvalue weighted by Crippen LogP contribution is -2.41. The highest BCUT2D eigenvalue weighted by molar-refractivity contribution is 7.84. The number of carbonyl (C=O) groups is 1. The largest absolute Gasteiger partial charge is 0.465 e. The number of esters is 1. The second kappa shape index (κ2) is 7.58. The Bertz CT molecular complexity index is 576. The molecule has 4 nitrogen and oxygen atoms in total. The highest BCUT2D eigenvalue weighted by Gasteiger charge is 2.34. The van der Waals surface area contributed by atoms with Crippen LogP contribution in [0.5, 0.6) is 0 Å². The van der Waals surface area contributed by atoms with Crippen molar-refractivity contribution in [1.29, 1.82) is 0 Å². The smallest absolute Gasteiger partial charge is 0.338 e. The average Bonchev–Trinajstić information content (AvgIpc) is 3.34. The number of methoxy groups -OCH3 is 1. The maximum Gasteiger partial charge on any atom is 0.338 e. The van der Waals surface area contributed by atoms with Gasteiger partial charge in [0.15, 0.2) is 0 Å². The van der Waals surface area contributed by atoms with Crippen molar-refractivity contribution >= 4 is 17.0 Å². The topological polar surface area (TPSA) is 55.4 Å². The third kappa shape index (κ3) is 5.15. The summed E-state index contributed by atoms with van der Waals surface area (Å²) < 4.78 is 20.3. The molecule has 1 aliphatic carbocycles. The predicted octanol–water partition coefficient (Wildman–Crippen LogP) is 3.24. The first-order valence-electron chi connectivity index (χ1n) is 8.17. The van der Waals surface area contributed by atoms with Gasteiger partial charge < -0.3 is 4.74 Å². The van der Waals surface area contributed by atoms with Gasteiger partial charge in [0.2, 0.25) is 0 Å². The fourth-order valence-corrected chi connectivity index (χ4v) is 3.50. The molecule has 0 heterocycles. The summed E-state index contributed by atoms with van der Waals surface area (Å²) in [6.07, 6.45) is 4.04. The molecular weight excluding hydrogens is 310 g/mol. The van der Waals surface area contributed by atoms with E-state index in [1.807, 2.05) is 39.0 Å². The van der Waals surface area contributed by atoms with Crippen molar-refractivity contribution in [3.63, 3.8) is 0 Å². The molecule has 1 fully saturated rings. The minimum absolute atomic E-state index is 0.237. The highest BCUT2D eigenvalue weighted by Crippen LogP contribution is 2.35. The van der Waals surface area contributed by atoms with Crippen molar-refractivity contribution < 1.29 is 13.7 Å². The minimum Gasteiger partial charge on any atom is -0.465 e. The molecule has 1 aromatic carbocycles. The molecule has 0 amide bonds. The molecule has 0 radical (unpaired) electrons. The van der Waals surface area contributed by atoms with Gasteiger partial charge in [-0.05, 0) is 64.0 Å². The van der Waals surface area contributed by atoms with Crippen LogP contribution in [0.1, 0.15) is 56.0 Å².